The normalized spacial score (nSPS) is 10.4. The molecule has 0 aliphatic rings. The third-order valence-corrected chi connectivity index (χ3v) is 3.27. The molecule has 110 valence electrons. The predicted molar refractivity (Wildman–Crippen MR) is 76.6 cm³/mol. The first-order valence-electron chi connectivity index (χ1n) is 6.19. The van der Waals surface area contributed by atoms with E-state index in [-0.39, 0.29) is 16.9 Å². The molecule has 0 bridgehead atoms. The quantitative estimate of drug-likeness (QED) is 0.497. The number of hydrogen-bond donors (Lipinski definition) is 2. The van der Waals surface area contributed by atoms with E-state index in [0.717, 1.165) is 11.3 Å². The molecule has 3 N–H and O–H groups in total. The molecule has 21 heavy (non-hydrogen) atoms. The molecule has 8 nitrogen and oxygen atoms in total. The van der Waals surface area contributed by atoms with Crippen LogP contribution in [0, 0.1) is 17.0 Å². The lowest BCUT2D eigenvalue weighted by molar-refractivity contribution is -0.383. The molecule has 0 saturated carbocycles. The summed E-state index contributed by atoms with van der Waals surface area (Å²) in [5, 5.41) is 17.6. The van der Waals surface area contributed by atoms with E-state index in [1.807, 2.05) is 14.0 Å². The average Bonchev–Trinajstić information content (AvgIpc) is 2.76. The number of nitrogens with one attached hydrogen (secondary N) is 1. The fourth-order valence-electron chi connectivity index (χ4n) is 1.84. The minimum atomic E-state index is -0.614. The summed E-state index contributed by atoms with van der Waals surface area (Å²) >= 11 is 0. The third kappa shape index (κ3) is 2.99. The van der Waals surface area contributed by atoms with Gasteiger partial charge in [-0.15, -0.1) is 0 Å². The molecule has 1 aromatic carbocycles. The number of aromatic nitrogens is 2. The van der Waals surface area contributed by atoms with Gasteiger partial charge in [-0.3, -0.25) is 19.6 Å². The van der Waals surface area contributed by atoms with Crippen molar-refractivity contribution in [3.05, 3.63) is 51.3 Å². The highest BCUT2D eigenvalue weighted by Gasteiger charge is 2.16. The Bertz CT molecular complexity index is 708. The largest absolute Gasteiger partial charge is 0.393 e. The second-order valence-corrected chi connectivity index (χ2v) is 4.59. The number of anilines is 1. The zero-order valence-electron chi connectivity index (χ0n) is 11.7. The fraction of sp³-hybridized carbons (Fsp3) is 0.231. The minimum absolute atomic E-state index is 0.0275. The summed E-state index contributed by atoms with van der Waals surface area (Å²) in [6.07, 6.45) is 1.67. The van der Waals surface area contributed by atoms with E-state index in [0.29, 0.717) is 6.54 Å². The van der Waals surface area contributed by atoms with Gasteiger partial charge in [0.1, 0.15) is 5.69 Å². The molecule has 0 atom stereocenters. The molecule has 0 aliphatic heterocycles. The molecule has 1 heterocycles. The second-order valence-electron chi connectivity index (χ2n) is 4.59. The molecule has 2 rings (SSSR count). The zero-order valence-corrected chi connectivity index (χ0v) is 11.7. The van der Waals surface area contributed by atoms with Gasteiger partial charge in [-0.25, -0.2) is 0 Å². The van der Waals surface area contributed by atoms with Crippen LogP contribution in [0.1, 0.15) is 21.6 Å². The number of nitrogen functional groups attached to an aromatic ring is 1. The number of rotatable bonds is 4. The van der Waals surface area contributed by atoms with Gasteiger partial charge in [-0.1, -0.05) is 0 Å². The van der Waals surface area contributed by atoms with Gasteiger partial charge >= 0.3 is 0 Å². The number of nitrogens with zero attached hydrogens (tertiary/aromatic N) is 3. The van der Waals surface area contributed by atoms with Crippen LogP contribution >= 0.6 is 0 Å². The van der Waals surface area contributed by atoms with Crippen molar-refractivity contribution in [2.24, 2.45) is 7.05 Å². The molecule has 1 aromatic heterocycles. The number of benzene rings is 1. The highest BCUT2D eigenvalue weighted by Crippen LogP contribution is 2.22. The van der Waals surface area contributed by atoms with E-state index in [1.165, 1.54) is 18.2 Å². The maximum absolute atomic E-state index is 12.0. The van der Waals surface area contributed by atoms with Crippen molar-refractivity contribution in [1.29, 1.82) is 0 Å². The Morgan fingerprint density at radius 3 is 2.81 bits per heavy atom. The first kappa shape index (κ1) is 14.5. The van der Waals surface area contributed by atoms with Gasteiger partial charge in [0.2, 0.25) is 0 Å². The highest BCUT2D eigenvalue weighted by molar-refractivity contribution is 5.95. The molecule has 0 saturated heterocycles. The van der Waals surface area contributed by atoms with Crippen molar-refractivity contribution in [2.45, 2.75) is 13.5 Å². The van der Waals surface area contributed by atoms with Crippen LogP contribution in [0.4, 0.5) is 11.4 Å². The lowest BCUT2D eigenvalue weighted by Gasteiger charge is -2.06. The number of nitro groups is 1. The number of carbonyl (C=O) groups is 1. The standard InChI is InChI=1S/C13H15N5O3/c1-8-10(7-16-17(8)2)6-15-13(19)9-3-4-11(14)12(5-9)18(20)21/h3-5,7H,6,14H2,1-2H3,(H,15,19). The molecular formula is C13H15N5O3. The summed E-state index contributed by atoms with van der Waals surface area (Å²) < 4.78 is 1.70. The van der Waals surface area contributed by atoms with Crippen LogP contribution in [-0.4, -0.2) is 20.6 Å². The van der Waals surface area contributed by atoms with Gasteiger partial charge in [0.05, 0.1) is 11.1 Å². The Kier molecular flexibility index (Phi) is 3.88. The van der Waals surface area contributed by atoms with Crippen molar-refractivity contribution >= 4 is 17.3 Å². The molecule has 0 radical (unpaired) electrons. The number of nitro benzene ring substituents is 1. The Morgan fingerprint density at radius 2 is 2.24 bits per heavy atom. The van der Waals surface area contributed by atoms with Crippen LogP contribution in [0.15, 0.2) is 24.4 Å². The Labute approximate surface area is 120 Å². The van der Waals surface area contributed by atoms with Crippen molar-refractivity contribution < 1.29 is 9.72 Å². The van der Waals surface area contributed by atoms with E-state index in [4.69, 9.17) is 5.73 Å². The van der Waals surface area contributed by atoms with Gasteiger partial charge in [0, 0.05) is 36.5 Å². The first-order chi connectivity index (χ1) is 9.90. The van der Waals surface area contributed by atoms with Gasteiger partial charge < -0.3 is 11.1 Å². The smallest absolute Gasteiger partial charge is 0.292 e. The summed E-state index contributed by atoms with van der Waals surface area (Å²) in [4.78, 5) is 22.2. The SMILES string of the molecule is Cc1c(CNC(=O)c2ccc(N)c([N+](=O)[O-])c2)cnn1C. The van der Waals surface area contributed by atoms with E-state index in [9.17, 15) is 14.9 Å². The summed E-state index contributed by atoms with van der Waals surface area (Å²) in [6.45, 7) is 2.19. The fourth-order valence-corrected chi connectivity index (χ4v) is 1.84. The molecule has 0 unspecified atom stereocenters. The van der Waals surface area contributed by atoms with Gasteiger partial charge in [-0.2, -0.15) is 5.10 Å². The van der Waals surface area contributed by atoms with E-state index in [2.05, 4.69) is 10.4 Å². The topological polar surface area (TPSA) is 116 Å². The highest BCUT2D eigenvalue weighted by atomic mass is 16.6. The van der Waals surface area contributed by atoms with E-state index < -0.39 is 10.8 Å². The Hall–Kier alpha value is -2.90. The summed E-state index contributed by atoms with van der Waals surface area (Å²) in [7, 11) is 1.81. The lowest BCUT2D eigenvalue weighted by atomic mass is 10.1. The predicted octanol–water partition coefficient (Wildman–Crippen LogP) is 1.15. The number of aryl methyl sites for hydroxylation is 1. The van der Waals surface area contributed by atoms with Gasteiger partial charge in [0.15, 0.2) is 0 Å². The maximum atomic E-state index is 12.0. The molecule has 2 aromatic rings. The zero-order chi connectivity index (χ0) is 15.6. The van der Waals surface area contributed by atoms with Crippen LogP contribution < -0.4 is 11.1 Å². The van der Waals surface area contributed by atoms with Crippen molar-refractivity contribution in [2.75, 3.05) is 5.73 Å². The average molecular weight is 289 g/mol. The number of hydrogen-bond acceptors (Lipinski definition) is 5. The summed E-state index contributed by atoms with van der Waals surface area (Å²) in [5.41, 5.74) is 7.26. The third-order valence-electron chi connectivity index (χ3n) is 3.27. The lowest BCUT2D eigenvalue weighted by Crippen LogP contribution is -2.23. The van der Waals surface area contributed by atoms with E-state index >= 15 is 0 Å². The first-order valence-corrected chi connectivity index (χ1v) is 6.19. The van der Waals surface area contributed by atoms with Crippen molar-refractivity contribution in [1.82, 2.24) is 15.1 Å². The van der Waals surface area contributed by atoms with E-state index in [1.54, 1.807) is 10.9 Å². The maximum Gasteiger partial charge on any atom is 0.292 e. The van der Waals surface area contributed by atoms with Crippen LogP contribution in [-0.2, 0) is 13.6 Å². The molecule has 1 amide bonds. The Morgan fingerprint density at radius 1 is 1.52 bits per heavy atom. The number of nitrogens with two attached hydrogens (primary N) is 1. The molecule has 8 heteroatoms. The van der Waals surface area contributed by atoms with Crippen molar-refractivity contribution in [3.8, 4) is 0 Å². The molecule has 0 spiro atoms. The number of amides is 1. The van der Waals surface area contributed by atoms with Crippen molar-refractivity contribution in [3.63, 3.8) is 0 Å². The molecular weight excluding hydrogens is 274 g/mol. The second kappa shape index (κ2) is 5.61. The van der Waals surface area contributed by atoms with Crippen LogP contribution in [0.3, 0.4) is 0 Å². The Balaban J connectivity index is 2.12. The van der Waals surface area contributed by atoms with Crippen LogP contribution in [0.5, 0.6) is 0 Å². The molecule has 0 fully saturated rings. The minimum Gasteiger partial charge on any atom is -0.393 e. The molecule has 0 aliphatic carbocycles. The van der Waals surface area contributed by atoms with Crippen LogP contribution in [0.25, 0.3) is 0 Å². The van der Waals surface area contributed by atoms with Gasteiger partial charge in [-0.05, 0) is 19.1 Å². The number of carbonyl (C=O) groups excluding carboxylic acids is 1. The van der Waals surface area contributed by atoms with Gasteiger partial charge in [0.25, 0.3) is 11.6 Å². The van der Waals surface area contributed by atoms with Crippen LogP contribution in [0.2, 0.25) is 0 Å². The monoisotopic (exact) mass is 289 g/mol. The summed E-state index contributed by atoms with van der Waals surface area (Å²) in [6, 6.07) is 3.97. The summed E-state index contributed by atoms with van der Waals surface area (Å²) in [5.74, 6) is -0.402.